The van der Waals surface area contributed by atoms with Crippen LogP contribution in [0.2, 0.25) is 0 Å². The third-order valence-electron chi connectivity index (χ3n) is 2.99. The van der Waals surface area contributed by atoms with E-state index in [0.717, 1.165) is 42.1 Å². The topological polar surface area (TPSA) is 41.1 Å². The van der Waals surface area contributed by atoms with E-state index in [4.69, 9.17) is 0 Å². The second-order valence-corrected chi connectivity index (χ2v) is 5.69. The Hall–Kier alpha value is -1.16. The minimum atomic E-state index is 0.0459. The maximum atomic E-state index is 12.0. The Labute approximate surface area is 113 Å². The van der Waals surface area contributed by atoms with Crippen molar-refractivity contribution in [1.29, 1.82) is 0 Å². The van der Waals surface area contributed by atoms with Crippen molar-refractivity contribution in [3.8, 4) is 0 Å². The summed E-state index contributed by atoms with van der Waals surface area (Å²) >= 11 is 1.91. The number of hydrogen-bond acceptors (Lipinski definition) is 3. The van der Waals surface area contributed by atoms with Crippen LogP contribution in [0.5, 0.6) is 0 Å². The van der Waals surface area contributed by atoms with Gasteiger partial charge in [-0.15, -0.1) is 0 Å². The van der Waals surface area contributed by atoms with E-state index in [-0.39, 0.29) is 5.91 Å². The monoisotopic (exact) mass is 264 g/mol. The zero-order chi connectivity index (χ0) is 12.8. The SMILES string of the molecule is CCCNc1ccc(C(=O)NC2CCSC2)cc1. The summed E-state index contributed by atoms with van der Waals surface area (Å²) < 4.78 is 0. The van der Waals surface area contributed by atoms with Gasteiger partial charge < -0.3 is 10.6 Å². The van der Waals surface area contributed by atoms with Gasteiger partial charge in [-0.3, -0.25) is 4.79 Å². The largest absolute Gasteiger partial charge is 0.385 e. The number of anilines is 1. The van der Waals surface area contributed by atoms with Gasteiger partial charge in [0, 0.05) is 29.6 Å². The maximum absolute atomic E-state index is 12.0. The Balaban J connectivity index is 1.89. The van der Waals surface area contributed by atoms with Crippen LogP contribution in [0, 0.1) is 0 Å². The van der Waals surface area contributed by atoms with Gasteiger partial charge >= 0.3 is 0 Å². The minimum Gasteiger partial charge on any atom is -0.385 e. The van der Waals surface area contributed by atoms with Gasteiger partial charge in [-0.05, 0) is 42.9 Å². The molecule has 1 heterocycles. The maximum Gasteiger partial charge on any atom is 0.251 e. The average Bonchev–Trinajstić information content (AvgIpc) is 2.89. The van der Waals surface area contributed by atoms with Gasteiger partial charge in [-0.25, -0.2) is 0 Å². The second kappa shape index (κ2) is 6.69. The summed E-state index contributed by atoms with van der Waals surface area (Å²) in [5.41, 5.74) is 1.82. The first-order valence-electron chi connectivity index (χ1n) is 6.52. The number of carbonyl (C=O) groups excluding carboxylic acids is 1. The van der Waals surface area contributed by atoms with Gasteiger partial charge in [0.2, 0.25) is 0 Å². The van der Waals surface area contributed by atoms with Crippen molar-refractivity contribution < 1.29 is 4.79 Å². The molecule has 0 bridgehead atoms. The van der Waals surface area contributed by atoms with Crippen LogP contribution in [-0.2, 0) is 0 Å². The van der Waals surface area contributed by atoms with E-state index in [9.17, 15) is 4.79 Å². The minimum absolute atomic E-state index is 0.0459. The number of thioether (sulfide) groups is 1. The van der Waals surface area contributed by atoms with E-state index < -0.39 is 0 Å². The Morgan fingerprint density at radius 3 is 2.78 bits per heavy atom. The van der Waals surface area contributed by atoms with Crippen molar-refractivity contribution in [2.45, 2.75) is 25.8 Å². The molecule has 0 spiro atoms. The molecule has 18 heavy (non-hydrogen) atoms. The summed E-state index contributed by atoms with van der Waals surface area (Å²) in [7, 11) is 0. The predicted octanol–water partition coefficient (Wildman–Crippen LogP) is 2.74. The van der Waals surface area contributed by atoms with Crippen molar-refractivity contribution in [2.24, 2.45) is 0 Å². The number of amides is 1. The van der Waals surface area contributed by atoms with Crippen LogP contribution >= 0.6 is 11.8 Å². The highest BCUT2D eigenvalue weighted by Gasteiger charge is 2.18. The highest BCUT2D eigenvalue weighted by molar-refractivity contribution is 7.99. The van der Waals surface area contributed by atoms with Crippen LogP contribution in [0.15, 0.2) is 24.3 Å². The first kappa shape index (κ1) is 13.3. The van der Waals surface area contributed by atoms with Crippen molar-refractivity contribution >= 4 is 23.4 Å². The van der Waals surface area contributed by atoms with Crippen LogP contribution < -0.4 is 10.6 Å². The van der Waals surface area contributed by atoms with E-state index in [1.807, 2.05) is 36.0 Å². The molecule has 2 N–H and O–H groups in total. The second-order valence-electron chi connectivity index (χ2n) is 4.54. The van der Waals surface area contributed by atoms with Crippen molar-refractivity contribution in [3.63, 3.8) is 0 Å². The lowest BCUT2D eigenvalue weighted by atomic mass is 10.1. The standard InChI is InChI=1S/C14H20N2OS/c1-2-8-15-12-5-3-11(4-6-12)14(17)16-13-7-9-18-10-13/h3-6,13,15H,2,7-10H2,1H3,(H,16,17). The van der Waals surface area contributed by atoms with E-state index in [1.165, 1.54) is 0 Å². The fourth-order valence-corrected chi connectivity index (χ4v) is 3.08. The fourth-order valence-electron chi connectivity index (χ4n) is 1.93. The number of benzene rings is 1. The van der Waals surface area contributed by atoms with E-state index in [0.29, 0.717) is 6.04 Å². The molecule has 0 aromatic heterocycles. The molecular weight excluding hydrogens is 244 g/mol. The van der Waals surface area contributed by atoms with Crippen LogP contribution in [-0.4, -0.2) is 30.0 Å². The van der Waals surface area contributed by atoms with Gasteiger partial charge in [0.15, 0.2) is 0 Å². The highest BCUT2D eigenvalue weighted by atomic mass is 32.2. The van der Waals surface area contributed by atoms with Crippen molar-refractivity contribution in [2.75, 3.05) is 23.4 Å². The Morgan fingerprint density at radius 2 is 2.17 bits per heavy atom. The molecule has 2 rings (SSSR count). The molecule has 1 aromatic rings. The van der Waals surface area contributed by atoms with Gasteiger partial charge in [0.05, 0.1) is 0 Å². The Morgan fingerprint density at radius 1 is 1.39 bits per heavy atom. The van der Waals surface area contributed by atoms with Crippen LogP contribution in [0.25, 0.3) is 0 Å². The van der Waals surface area contributed by atoms with Gasteiger partial charge in [0.1, 0.15) is 0 Å². The molecule has 1 atom stereocenters. The Kier molecular flexibility index (Phi) is 4.93. The van der Waals surface area contributed by atoms with E-state index >= 15 is 0 Å². The summed E-state index contributed by atoms with van der Waals surface area (Å²) in [4.78, 5) is 12.0. The third kappa shape index (κ3) is 3.67. The summed E-state index contributed by atoms with van der Waals surface area (Å²) in [5.74, 6) is 2.25. The first-order valence-corrected chi connectivity index (χ1v) is 7.67. The average molecular weight is 264 g/mol. The lowest BCUT2D eigenvalue weighted by Gasteiger charge is -2.11. The molecule has 1 aliphatic heterocycles. The smallest absolute Gasteiger partial charge is 0.251 e. The lowest BCUT2D eigenvalue weighted by molar-refractivity contribution is 0.0941. The summed E-state index contributed by atoms with van der Waals surface area (Å²) in [6.45, 7) is 3.10. The van der Waals surface area contributed by atoms with E-state index in [2.05, 4.69) is 17.6 Å². The van der Waals surface area contributed by atoms with Crippen LogP contribution in [0.3, 0.4) is 0 Å². The predicted molar refractivity (Wildman–Crippen MR) is 78.4 cm³/mol. The molecule has 0 aliphatic carbocycles. The van der Waals surface area contributed by atoms with Gasteiger partial charge in [-0.2, -0.15) is 11.8 Å². The third-order valence-corrected chi connectivity index (χ3v) is 4.15. The molecule has 98 valence electrons. The molecule has 0 radical (unpaired) electrons. The van der Waals surface area contributed by atoms with Gasteiger partial charge in [0.25, 0.3) is 5.91 Å². The first-order chi connectivity index (χ1) is 8.79. The molecule has 1 amide bonds. The number of rotatable bonds is 5. The summed E-state index contributed by atoms with van der Waals surface area (Å²) in [6.07, 6.45) is 2.19. The van der Waals surface area contributed by atoms with E-state index in [1.54, 1.807) is 0 Å². The summed E-state index contributed by atoms with van der Waals surface area (Å²) in [6, 6.07) is 8.05. The normalized spacial score (nSPS) is 18.6. The molecule has 4 heteroatoms. The number of carbonyl (C=O) groups is 1. The van der Waals surface area contributed by atoms with Crippen molar-refractivity contribution in [1.82, 2.24) is 5.32 Å². The molecule has 0 saturated carbocycles. The Bertz CT molecular complexity index is 385. The molecule has 1 unspecified atom stereocenters. The molecule has 1 fully saturated rings. The number of nitrogens with one attached hydrogen (secondary N) is 2. The highest BCUT2D eigenvalue weighted by Crippen LogP contribution is 2.17. The van der Waals surface area contributed by atoms with Gasteiger partial charge in [-0.1, -0.05) is 6.92 Å². The molecular formula is C14H20N2OS. The molecule has 3 nitrogen and oxygen atoms in total. The zero-order valence-electron chi connectivity index (χ0n) is 10.7. The molecule has 1 aromatic carbocycles. The van der Waals surface area contributed by atoms with Crippen LogP contribution in [0.4, 0.5) is 5.69 Å². The molecule has 1 saturated heterocycles. The quantitative estimate of drug-likeness (QED) is 0.859. The zero-order valence-corrected chi connectivity index (χ0v) is 11.6. The lowest BCUT2D eigenvalue weighted by Crippen LogP contribution is -2.34. The summed E-state index contributed by atoms with van der Waals surface area (Å²) in [5, 5.41) is 6.38. The van der Waals surface area contributed by atoms with Crippen molar-refractivity contribution in [3.05, 3.63) is 29.8 Å². The molecule has 1 aliphatic rings. The number of hydrogen-bond donors (Lipinski definition) is 2. The van der Waals surface area contributed by atoms with Crippen LogP contribution in [0.1, 0.15) is 30.1 Å². The fraction of sp³-hybridized carbons (Fsp3) is 0.500.